The number of hydrogen-bond acceptors (Lipinski definition) is 2. The van der Waals surface area contributed by atoms with E-state index >= 15 is 0 Å². The molecule has 0 saturated heterocycles. The van der Waals surface area contributed by atoms with Crippen LogP contribution in [0.1, 0.15) is 30.9 Å². The highest BCUT2D eigenvalue weighted by Crippen LogP contribution is 2.07. The van der Waals surface area contributed by atoms with E-state index in [2.05, 4.69) is 12.2 Å². The van der Waals surface area contributed by atoms with Crippen LogP contribution in [0.4, 0.5) is 0 Å². The van der Waals surface area contributed by atoms with Crippen LogP contribution in [0.2, 0.25) is 0 Å². The average Bonchev–Trinajstić information content (AvgIpc) is 2.34. The second-order valence-electron chi connectivity index (χ2n) is 4.76. The molecule has 1 amide bonds. The molecule has 1 aromatic carbocycles. The molecule has 0 bridgehead atoms. The van der Waals surface area contributed by atoms with Gasteiger partial charge in [-0.15, -0.1) is 0 Å². The fourth-order valence-corrected chi connectivity index (χ4v) is 1.96. The standard InChI is InChI=1S/C15H23NO2/c1-3-13(7-8-17)11-16-15(18)10-14-6-4-5-12(2)9-14/h4-6,9,13,17H,3,7-8,10-11H2,1-2H3,(H,16,18). The highest BCUT2D eigenvalue weighted by atomic mass is 16.3. The van der Waals surface area contributed by atoms with Gasteiger partial charge in [0.15, 0.2) is 0 Å². The SMILES string of the molecule is CCC(CCO)CNC(=O)Cc1cccc(C)c1. The van der Waals surface area contributed by atoms with Crippen LogP contribution in [0, 0.1) is 12.8 Å². The molecule has 2 N–H and O–H groups in total. The Balaban J connectivity index is 2.37. The number of aryl methyl sites for hydroxylation is 1. The van der Waals surface area contributed by atoms with Gasteiger partial charge in [0.05, 0.1) is 6.42 Å². The van der Waals surface area contributed by atoms with Gasteiger partial charge in [0.1, 0.15) is 0 Å². The maximum atomic E-state index is 11.8. The molecule has 0 heterocycles. The molecular weight excluding hydrogens is 226 g/mol. The molecule has 0 saturated carbocycles. The van der Waals surface area contributed by atoms with E-state index in [9.17, 15) is 4.79 Å². The van der Waals surface area contributed by atoms with Crippen molar-refractivity contribution < 1.29 is 9.90 Å². The number of nitrogens with one attached hydrogen (secondary N) is 1. The summed E-state index contributed by atoms with van der Waals surface area (Å²) in [5, 5.41) is 11.8. The molecule has 1 aromatic rings. The van der Waals surface area contributed by atoms with E-state index in [4.69, 9.17) is 5.11 Å². The van der Waals surface area contributed by atoms with Gasteiger partial charge < -0.3 is 10.4 Å². The molecule has 100 valence electrons. The van der Waals surface area contributed by atoms with Gasteiger partial charge in [-0.2, -0.15) is 0 Å². The Morgan fingerprint density at radius 1 is 1.44 bits per heavy atom. The Morgan fingerprint density at radius 3 is 2.83 bits per heavy atom. The number of carbonyl (C=O) groups is 1. The second-order valence-corrected chi connectivity index (χ2v) is 4.76. The van der Waals surface area contributed by atoms with Crippen LogP contribution in [-0.4, -0.2) is 24.2 Å². The molecule has 0 spiro atoms. The first kappa shape index (κ1) is 14.7. The molecule has 0 fully saturated rings. The fourth-order valence-electron chi connectivity index (χ4n) is 1.96. The highest BCUT2D eigenvalue weighted by molar-refractivity contribution is 5.78. The molecule has 1 unspecified atom stereocenters. The third kappa shape index (κ3) is 5.32. The second kappa shape index (κ2) is 7.88. The summed E-state index contributed by atoms with van der Waals surface area (Å²) in [5.74, 6) is 0.424. The molecule has 0 aliphatic rings. The lowest BCUT2D eigenvalue weighted by atomic mass is 10.0. The van der Waals surface area contributed by atoms with Gasteiger partial charge in [-0.1, -0.05) is 43.2 Å². The lowest BCUT2D eigenvalue weighted by molar-refractivity contribution is -0.120. The van der Waals surface area contributed by atoms with Crippen LogP contribution in [0.3, 0.4) is 0 Å². The van der Waals surface area contributed by atoms with Gasteiger partial charge in [0.2, 0.25) is 5.91 Å². The van der Waals surface area contributed by atoms with Crippen LogP contribution in [-0.2, 0) is 11.2 Å². The lowest BCUT2D eigenvalue weighted by Gasteiger charge is -2.14. The molecule has 0 aliphatic carbocycles. The predicted octanol–water partition coefficient (Wildman–Crippen LogP) is 2.06. The molecule has 0 radical (unpaired) electrons. The maximum Gasteiger partial charge on any atom is 0.224 e. The molecule has 0 aromatic heterocycles. The summed E-state index contributed by atoms with van der Waals surface area (Å²) in [4.78, 5) is 11.8. The van der Waals surface area contributed by atoms with E-state index < -0.39 is 0 Å². The summed E-state index contributed by atoms with van der Waals surface area (Å²) >= 11 is 0. The Hall–Kier alpha value is -1.35. The molecule has 3 heteroatoms. The van der Waals surface area contributed by atoms with Gasteiger partial charge in [-0.25, -0.2) is 0 Å². The van der Waals surface area contributed by atoms with Gasteiger partial charge in [-0.05, 0) is 24.8 Å². The van der Waals surface area contributed by atoms with Crippen LogP contribution in [0.25, 0.3) is 0 Å². The lowest BCUT2D eigenvalue weighted by Crippen LogP contribution is -2.30. The zero-order chi connectivity index (χ0) is 13.4. The van der Waals surface area contributed by atoms with E-state index in [1.54, 1.807) is 0 Å². The van der Waals surface area contributed by atoms with Crippen molar-refractivity contribution in [2.45, 2.75) is 33.1 Å². The number of aliphatic hydroxyl groups excluding tert-OH is 1. The van der Waals surface area contributed by atoms with Crippen LogP contribution in [0.5, 0.6) is 0 Å². The Labute approximate surface area is 109 Å². The Bertz CT molecular complexity index is 377. The predicted molar refractivity (Wildman–Crippen MR) is 73.4 cm³/mol. The normalized spacial score (nSPS) is 12.2. The molecule has 18 heavy (non-hydrogen) atoms. The molecule has 1 rings (SSSR count). The molecule has 1 atom stereocenters. The maximum absolute atomic E-state index is 11.8. The monoisotopic (exact) mass is 249 g/mol. The van der Waals surface area contributed by atoms with Gasteiger partial charge in [0, 0.05) is 13.2 Å². The largest absolute Gasteiger partial charge is 0.396 e. The van der Waals surface area contributed by atoms with Crippen molar-refractivity contribution in [2.75, 3.05) is 13.2 Å². The van der Waals surface area contributed by atoms with E-state index in [1.807, 2.05) is 31.2 Å². The topological polar surface area (TPSA) is 49.3 Å². The number of benzene rings is 1. The van der Waals surface area contributed by atoms with E-state index in [1.165, 1.54) is 5.56 Å². The van der Waals surface area contributed by atoms with Crippen LogP contribution >= 0.6 is 0 Å². The van der Waals surface area contributed by atoms with Crippen molar-refractivity contribution in [2.24, 2.45) is 5.92 Å². The van der Waals surface area contributed by atoms with E-state index in [0.717, 1.165) is 18.4 Å². The molecule has 3 nitrogen and oxygen atoms in total. The third-order valence-electron chi connectivity index (χ3n) is 3.15. The van der Waals surface area contributed by atoms with E-state index in [0.29, 0.717) is 18.9 Å². The number of hydrogen-bond donors (Lipinski definition) is 2. The molecule has 0 aliphatic heterocycles. The molecular formula is C15H23NO2. The van der Waals surface area contributed by atoms with Gasteiger partial charge in [0.25, 0.3) is 0 Å². The minimum Gasteiger partial charge on any atom is -0.396 e. The van der Waals surface area contributed by atoms with Crippen molar-refractivity contribution in [1.82, 2.24) is 5.32 Å². The minimum atomic E-state index is 0.0528. The first-order valence-corrected chi connectivity index (χ1v) is 6.58. The van der Waals surface area contributed by atoms with Crippen molar-refractivity contribution in [3.8, 4) is 0 Å². The number of rotatable bonds is 7. The average molecular weight is 249 g/mol. The summed E-state index contributed by atoms with van der Waals surface area (Å²) in [6, 6.07) is 8.00. The quantitative estimate of drug-likeness (QED) is 0.777. The summed E-state index contributed by atoms with van der Waals surface area (Å²) in [6.07, 6.45) is 2.16. The Kier molecular flexibility index (Phi) is 6.44. The van der Waals surface area contributed by atoms with Crippen molar-refractivity contribution >= 4 is 5.91 Å². The summed E-state index contributed by atoms with van der Waals surface area (Å²) < 4.78 is 0. The zero-order valence-corrected chi connectivity index (χ0v) is 11.3. The van der Waals surface area contributed by atoms with Gasteiger partial charge >= 0.3 is 0 Å². The van der Waals surface area contributed by atoms with Crippen LogP contribution < -0.4 is 5.32 Å². The van der Waals surface area contributed by atoms with Crippen molar-refractivity contribution in [3.05, 3.63) is 35.4 Å². The van der Waals surface area contributed by atoms with Crippen LogP contribution in [0.15, 0.2) is 24.3 Å². The van der Waals surface area contributed by atoms with Crippen molar-refractivity contribution in [1.29, 1.82) is 0 Å². The number of amides is 1. The van der Waals surface area contributed by atoms with Crippen molar-refractivity contribution in [3.63, 3.8) is 0 Å². The minimum absolute atomic E-state index is 0.0528. The van der Waals surface area contributed by atoms with Gasteiger partial charge in [-0.3, -0.25) is 4.79 Å². The summed E-state index contributed by atoms with van der Waals surface area (Å²) in [5.41, 5.74) is 2.22. The first-order valence-electron chi connectivity index (χ1n) is 6.58. The smallest absolute Gasteiger partial charge is 0.224 e. The first-order chi connectivity index (χ1) is 8.65. The Morgan fingerprint density at radius 2 is 2.22 bits per heavy atom. The fraction of sp³-hybridized carbons (Fsp3) is 0.533. The zero-order valence-electron chi connectivity index (χ0n) is 11.3. The van der Waals surface area contributed by atoms with E-state index in [-0.39, 0.29) is 12.5 Å². The third-order valence-corrected chi connectivity index (χ3v) is 3.15. The number of carbonyl (C=O) groups excluding carboxylic acids is 1. The highest BCUT2D eigenvalue weighted by Gasteiger charge is 2.08. The number of aliphatic hydroxyl groups is 1. The summed E-state index contributed by atoms with van der Waals surface area (Å²) in [7, 11) is 0. The summed E-state index contributed by atoms with van der Waals surface area (Å²) in [6.45, 7) is 4.94.